The molecule has 6 heteroatoms. The molecule has 0 unspecified atom stereocenters. The Balaban J connectivity index is 1.68. The van der Waals surface area contributed by atoms with Crippen LogP contribution in [0.25, 0.3) is 16.9 Å². The van der Waals surface area contributed by atoms with Crippen LogP contribution in [-0.4, -0.2) is 43.1 Å². The van der Waals surface area contributed by atoms with Crippen LogP contribution in [0.15, 0.2) is 48.8 Å². The van der Waals surface area contributed by atoms with Crippen LogP contribution in [0, 0.1) is 0 Å². The van der Waals surface area contributed by atoms with Crippen molar-refractivity contribution in [3.8, 4) is 5.95 Å². The molecular weight excluding hydrogens is 376 g/mol. The standard InChI is InChI=1S/C24H30N4O2/c1-23(2)11-7-12-24(3,4)28(23)30-20(17-29)16-19-15-18-9-5-6-10-21(18)27(19)22-25-13-8-14-26-22/h5-6,8-10,13-15,17,20H,7,11-12,16H2,1-4H3/t20-/m1/s1. The maximum Gasteiger partial charge on any atom is 0.234 e. The molecule has 2 aromatic heterocycles. The van der Waals surface area contributed by atoms with Crippen molar-refractivity contribution in [3.05, 3.63) is 54.5 Å². The highest BCUT2D eigenvalue weighted by atomic mass is 16.7. The lowest BCUT2D eigenvalue weighted by Gasteiger charge is -2.52. The maximum absolute atomic E-state index is 12.1. The smallest absolute Gasteiger partial charge is 0.234 e. The van der Waals surface area contributed by atoms with Crippen LogP contribution in [0.1, 0.15) is 52.7 Å². The summed E-state index contributed by atoms with van der Waals surface area (Å²) in [4.78, 5) is 27.3. The van der Waals surface area contributed by atoms with E-state index in [-0.39, 0.29) is 11.1 Å². The molecule has 1 aliphatic heterocycles. The van der Waals surface area contributed by atoms with Gasteiger partial charge in [-0.05, 0) is 65.2 Å². The van der Waals surface area contributed by atoms with Crippen molar-refractivity contribution in [2.24, 2.45) is 0 Å². The third-order valence-electron chi connectivity index (χ3n) is 6.02. The maximum atomic E-state index is 12.1. The summed E-state index contributed by atoms with van der Waals surface area (Å²) in [5, 5.41) is 3.14. The number of aldehydes is 1. The van der Waals surface area contributed by atoms with Crippen molar-refractivity contribution < 1.29 is 9.63 Å². The Bertz CT molecular complexity index is 1010. The van der Waals surface area contributed by atoms with Gasteiger partial charge in [-0.3, -0.25) is 9.40 Å². The normalized spacial score (nSPS) is 19.6. The van der Waals surface area contributed by atoms with Gasteiger partial charge >= 0.3 is 0 Å². The van der Waals surface area contributed by atoms with Crippen molar-refractivity contribution in [2.45, 2.75) is 70.6 Å². The first-order valence-corrected chi connectivity index (χ1v) is 10.6. The number of hydrogen-bond donors (Lipinski definition) is 0. The van der Waals surface area contributed by atoms with Gasteiger partial charge in [-0.25, -0.2) is 9.97 Å². The van der Waals surface area contributed by atoms with Crippen LogP contribution in [0.4, 0.5) is 0 Å². The Hall–Kier alpha value is -2.57. The van der Waals surface area contributed by atoms with Gasteiger partial charge < -0.3 is 4.79 Å². The number of rotatable bonds is 6. The number of piperidine rings is 1. The van der Waals surface area contributed by atoms with Crippen LogP contribution >= 0.6 is 0 Å². The number of carbonyl (C=O) groups excluding carboxylic acids is 1. The monoisotopic (exact) mass is 406 g/mol. The summed E-state index contributed by atoms with van der Waals surface area (Å²) in [5.41, 5.74) is 1.71. The highest BCUT2D eigenvalue weighted by Gasteiger charge is 2.43. The van der Waals surface area contributed by atoms with E-state index in [4.69, 9.17) is 4.84 Å². The van der Waals surface area contributed by atoms with Crippen LogP contribution in [0.2, 0.25) is 0 Å². The van der Waals surface area contributed by atoms with E-state index in [0.717, 1.165) is 42.1 Å². The Morgan fingerprint density at radius 3 is 2.40 bits per heavy atom. The van der Waals surface area contributed by atoms with E-state index in [2.05, 4.69) is 54.9 Å². The number of fused-ring (bicyclic) bond motifs is 1. The molecular formula is C24H30N4O2. The average molecular weight is 407 g/mol. The van der Waals surface area contributed by atoms with E-state index in [1.807, 2.05) is 22.8 Å². The van der Waals surface area contributed by atoms with Gasteiger partial charge in [0, 0.05) is 41.0 Å². The molecule has 3 heterocycles. The predicted molar refractivity (Wildman–Crippen MR) is 117 cm³/mol. The number of benzene rings is 1. The number of hydrogen-bond acceptors (Lipinski definition) is 5. The molecule has 158 valence electrons. The topological polar surface area (TPSA) is 60.2 Å². The third kappa shape index (κ3) is 3.89. The second-order valence-corrected chi connectivity index (χ2v) is 9.34. The fourth-order valence-corrected chi connectivity index (χ4v) is 4.72. The summed E-state index contributed by atoms with van der Waals surface area (Å²) in [5.74, 6) is 0.594. The zero-order valence-corrected chi connectivity index (χ0v) is 18.2. The molecule has 1 saturated heterocycles. The van der Waals surface area contributed by atoms with Crippen LogP contribution in [0.3, 0.4) is 0 Å². The van der Waals surface area contributed by atoms with Crippen molar-refractivity contribution in [1.29, 1.82) is 0 Å². The molecule has 0 radical (unpaired) electrons. The van der Waals surface area contributed by atoms with Crippen LogP contribution in [-0.2, 0) is 16.1 Å². The first kappa shape index (κ1) is 20.7. The van der Waals surface area contributed by atoms with Crippen molar-refractivity contribution in [3.63, 3.8) is 0 Å². The molecule has 0 N–H and O–H groups in total. The Morgan fingerprint density at radius 1 is 1.07 bits per heavy atom. The van der Waals surface area contributed by atoms with Crippen molar-refractivity contribution in [2.75, 3.05) is 0 Å². The summed E-state index contributed by atoms with van der Waals surface area (Å²) in [7, 11) is 0. The first-order valence-electron chi connectivity index (χ1n) is 10.6. The summed E-state index contributed by atoms with van der Waals surface area (Å²) in [6.07, 6.45) is 7.47. The number of hydroxylamine groups is 2. The number of aromatic nitrogens is 3. The van der Waals surface area contributed by atoms with Gasteiger partial charge in [0.25, 0.3) is 0 Å². The zero-order valence-electron chi connectivity index (χ0n) is 18.2. The Morgan fingerprint density at radius 2 is 1.73 bits per heavy atom. The lowest BCUT2D eigenvalue weighted by Crippen LogP contribution is -2.59. The largest absolute Gasteiger partial charge is 0.300 e. The molecule has 1 atom stereocenters. The van der Waals surface area contributed by atoms with E-state index in [9.17, 15) is 4.79 Å². The minimum absolute atomic E-state index is 0.127. The van der Waals surface area contributed by atoms with E-state index >= 15 is 0 Å². The second kappa shape index (κ2) is 7.93. The molecule has 0 bridgehead atoms. The van der Waals surface area contributed by atoms with Gasteiger partial charge in [-0.1, -0.05) is 18.2 Å². The summed E-state index contributed by atoms with van der Waals surface area (Å²) in [6.45, 7) is 8.74. The highest BCUT2D eigenvalue weighted by molar-refractivity contribution is 5.83. The van der Waals surface area contributed by atoms with E-state index in [0.29, 0.717) is 12.4 Å². The lowest BCUT2D eigenvalue weighted by atomic mass is 9.82. The quantitative estimate of drug-likeness (QED) is 0.564. The average Bonchev–Trinajstić information content (AvgIpc) is 3.08. The molecule has 3 aromatic rings. The first-order chi connectivity index (χ1) is 14.3. The van der Waals surface area contributed by atoms with Gasteiger partial charge in [0.2, 0.25) is 5.95 Å². The van der Waals surface area contributed by atoms with E-state index in [1.165, 1.54) is 0 Å². The van der Waals surface area contributed by atoms with Crippen molar-refractivity contribution >= 4 is 17.2 Å². The van der Waals surface area contributed by atoms with Crippen molar-refractivity contribution in [1.82, 2.24) is 19.6 Å². The SMILES string of the molecule is CC1(C)CCCC(C)(C)N1O[C@@H](C=O)Cc1cc2ccccc2n1-c1ncccn1. The minimum Gasteiger partial charge on any atom is -0.300 e. The molecule has 0 saturated carbocycles. The summed E-state index contributed by atoms with van der Waals surface area (Å²) < 4.78 is 2.02. The Labute approximate surface area is 177 Å². The van der Waals surface area contributed by atoms with Gasteiger partial charge in [-0.2, -0.15) is 5.06 Å². The number of nitrogens with zero attached hydrogens (tertiary/aromatic N) is 4. The van der Waals surface area contributed by atoms with Gasteiger partial charge in [0.05, 0.1) is 5.52 Å². The fourth-order valence-electron chi connectivity index (χ4n) is 4.72. The van der Waals surface area contributed by atoms with Crippen LogP contribution < -0.4 is 0 Å². The van der Waals surface area contributed by atoms with Crippen LogP contribution in [0.5, 0.6) is 0 Å². The predicted octanol–water partition coefficient (Wildman–Crippen LogP) is 4.51. The second-order valence-electron chi connectivity index (χ2n) is 9.34. The molecule has 1 aliphatic rings. The fraction of sp³-hybridized carbons (Fsp3) is 0.458. The van der Waals surface area contributed by atoms with E-state index < -0.39 is 6.10 Å². The molecule has 0 spiro atoms. The van der Waals surface area contributed by atoms with Gasteiger partial charge in [-0.15, -0.1) is 0 Å². The third-order valence-corrected chi connectivity index (χ3v) is 6.02. The zero-order chi connectivity index (χ0) is 21.4. The molecule has 0 amide bonds. The lowest BCUT2D eigenvalue weighted by molar-refractivity contribution is -0.296. The molecule has 0 aliphatic carbocycles. The highest BCUT2D eigenvalue weighted by Crippen LogP contribution is 2.39. The minimum atomic E-state index is -0.589. The number of para-hydroxylation sites is 1. The summed E-state index contributed by atoms with van der Waals surface area (Å²) >= 11 is 0. The number of carbonyl (C=O) groups is 1. The molecule has 4 rings (SSSR count). The molecule has 1 fully saturated rings. The molecule has 6 nitrogen and oxygen atoms in total. The van der Waals surface area contributed by atoms with E-state index in [1.54, 1.807) is 18.5 Å². The summed E-state index contributed by atoms with van der Waals surface area (Å²) in [6, 6.07) is 12.0. The van der Waals surface area contributed by atoms with Gasteiger partial charge in [0.1, 0.15) is 6.10 Å². The molecule has 1 aromatic carbocycles. The van der Waals surface area contributed by atoms with Gasteiger partial charge in [0.15, 0.2) is 6.29 Å². The Kier molecular flexibility index (Phi) is 5.47. The molecule has 30 heavy (non-hydrogen) atoms.